The highest BCUT2D eigenvalue weighted by atomic mass is 35.5. The van der Waals surface area contributed by atoms with E-state index in [-0.39, 0.29) is 6.61 Å². The molecule has 0 saturated heterocycles. The first kappa shape index (κ1) is 16.3. The minimum absolute atomic E-state index is 0.249. The normalized spacial score (nSPS) is 13.2. The standard InChI is InChI=1S/C16H23ClN2O2/c1-11(2)6-18-7-12-8-19(9-14(21)10-20)16-5-13(17)3-4-15(12)16/h3-5,8,11,14,18,20-21H,6-7,9-10H2,1-2H3. The van der Waals surface area contributed by atoms with Gasteiger partial charge in [-0.05, 0) is 30.2 Å². The van der Waals surface area contributed by atoms with E-state index >= 15 is 0 Å². The van der Waals surface area contributed by atoms with E-state index in [0.717, 1.165) is 24.0 Å². The maximum absolute atomic E-state index is 9.68. The second kappa shape index (κ2) is 7.27. The number of aliphatic hydroxyl groups is 2. The van der Waals surface area contributed by atoms with Crippen molar-refractivity contribution in [3.8, 4) is 0 Å². The van der Waals surface area contributed by atoms with Crippen LogP contribution in [0.3, 0.4) is 0 Å². The van der Waals surface area contributed by atoms with Crippen LogP contribution >= 0.6 is 11.6 Å². The zero-order valence-electron chi connectivity index (χ0n) is 12.5. The molecule has 0 radical (unpaired) electrons. The first-order valence-electron chi connectivity index (χ1n) is 7.28. The van der Waals surface area contributed by atoms with Gasteiger partial charge in [0.15, 0.2) is 0 Å². The average molecular weight is 311 g/mol. The van der Waals surface area contributed by atoms with Crippen molar-refractivity contribution in [3.63, 3.8) is 0 Å². The van der Waals surface area contributed by atoms with Crippen LogP contribution in [-0.4, -0.2) is 34.0 Å². The topological polar surface area (TPSA) is 57.4 Å². The summed E-state index contributed by atoms with van der Waals surface area (Å²) < 4.78 is 1.95. The van der Waals surface area contributed by atoms with Crippen molar-refractivity contribution in [1.82, 2.24) is 9.88 Å². The van der Waals surface area contributed by atoms with Crippen molar-refractivity contribution in [1.29, 1.82) is 0 Å². The predicted octanol–water partition coefficient (Wildman–Crippen LogP) is 2.39. The number of halogens is 1. The Balaban J connectivity index is 2.28. The Hall–Kier alpha value is -1.07. The zero-order valence-corrected chi connectivity index (χ0v) is 13.3. The molecule has 1 unspecified atom stereocenters. The molecule has 0 fully saturated rings. The van der Waals surface area contributed by atoms with E-state index in [0.29, 0.717) is 17.5 Å². The third-order valence-electron chi connectivity index (χ3n) is 3.41. The molecular formula is C16H23ClN2O2. The lowest BCUT2D eigenvalue weighted by molar-refractivity contribution is 0.0822. The molecule has 0 aliphatic carbocycles. The number of fused-ring (bicyclic) bond motifs is 1. The molecule has 0 spiro atoms. The van der Waals surface area contributed by atoms with Crippen LogP contribution in [0.2, 0.25) is 5.02 Å². The van der Waals surface area contributed by atoms with Crippen molar-refractivity contribution in [2.75, 3.05) is 13.2 Å². The van der Waals surface area contributed by atoms with Gasteiger partial charge < -0.3 is 20.1 Å². The van der Waals surface area contributed by atoms with E-state index in [4.69, 9.17) is 16.7 Å². The molecule has 2 rings (SSSR count). The van der Waals surface area contributed by atoms with Gasteiger partial charge in [0.05, 0.1) is 19.3 Å². The van der Waals surface area contributed by atoms with Crippen molar-refractivity contribution in [2.24, 2.45) is 5.92 Å². The van der Waals surface area contributed by atoms with E-state index < -0.39 is 6.10 Å². The van der Waals surface area contributed by atoms with Gasteiger partial charge in [0.1, 0.15) is 0 Å². The monoisotopic (exact) mass is 310 g/mol. The molecule has 1 atom stereocenters. The summed E-state index contributed by atoms with van der Waals surface area (Å²) in [6, 6.07) is 5.78. The van der Waals surface area contributed by atoms with E-state index in [1.807, 2.05) is 29.0 Å². The molecule has 0 bridgehead atoms. The molecule has 1 heterocycles. The van der Waals surface area contributed by atoms with Crippen LogP contribution in [-0.2, 0) is 13.1 Å². The van der Waals surface area contributed by atoms with E-state index in [1.54, 1.807) is 0 Å². The molecule has 0 amide bonds. The summed E-state index contributed by atoms with van der Waals surface area (Å²) in [7, 11) is 0. The summed E-state index contributed by atoms with van der Waals surface area (Å²) in [5.41, 5.74) is 2.16. The third-order valence-corrected chi connectivity index (χ3v) is 3.65. The molecule has 3 N–H and O–H groups in total. The number of nitrogens with one attached hydrogen (secondary N) is 1. The van der Waals surface area contributed by atoms with Gasteiger partial charge in [-0.3, -0.25) is 0 Å². The molecule has 5 heteroatoms. The van der Waals surface area contributed by atoms with Crippen LogP contribution in [0.15, 0.2) is 24.4 Å². The summed E-state index contributed by atoms with van der Waals surface area (Å²) >= 11 is 6.08. The van der Waals surface area contributed by atoms with Crippen molar-refractivity contribution in [3.05, 3.63) is 35.0 Å². The Morgan fingerprint density at radius 2 is 2.10 bits per heavy atom. The Morgan fingerprint density at radius 1 is 1.33 bits per heavy atom. The fraction of sp³-hybridized carbons (Fsp3) is 0.500. The summed E-state index contributed by atoms with van der Waals surface area (Å²) in [4.78, 5) is 0. The van der Waals surface area contributed by atoms with Crippen LogP contribution in [0.25, 0.3) is 10.9 Å². The van der Waals surface area contributed by atoms with Crippen LogP contribution in [0.4, 0.5) is 0 Å². The fourth-order valence-electron chi connectivity index (χ4n) is 2.41. The van der Waals surface area contributed by atoms with Gasteiger partial charge in [-0.15, -0.1) is 0 Å². The van der Waals surface area contributed by atoms with E-state index in [1.165, 1.54) is 5.56 Å². The third kappa shape index (κ3) is 4.20. The molecule has 0 aliphatic rings. The predicted molar refractivity (Wildman–Crippen MR) is 86.6 cm³/mol. The second-order valence-corrected chi connectivity index (χ2v) is 6.27. The van der Waals surface area contributed by atoms with Crippen LogP contribution in [0, 0.1) is 5.92 Å². The van der Waals surface area contributed by atoms with Crippen LogP contribution in [0.1, 0.15) is 19.4 Å². The lowest BCUT2D eigenvalue weighted by atomic mass is 10.1. The maximum Gasteiger partial charge on any atom is 0.0949 e. The molecule has 116 valence electrons. The number of benzene rings is 1. The largest absolute Gasteiger partial charge is 0.394 e. The van der Waals surface area contributed by atoms with E-state index in [2.05, 4.69) is 19.2 Å². The Kier molecular flexibility index (Phi) is 5.65. The number of hydrogen-bond acceptors (Lipinski definition) is 3. The Labute approximate surface area is 130 Å². The first-order chi connectivity index (χ1) is 10.0. The van der Waals surface area contributed by atoms with Gasteiger partial charge in [0.25, 0.3) is 0 Å². The maximum atomic E-state index is 9.68. The molecule has 21 heavy (non-hydrogen) atoms. The minimum atomic E-state index is -0.768. The molecule has 0 aliphatic heterocycles. The van der Waals surface area contributed by atoms with Gasteiger partial charge in [0.2, 0.25) is 0 Å². The van der Waals surface area contributed by atoms with Crippen molar-refractivity contribution >= 4 is 22.5 Å². The molecular weight excluding hydrogens is 288 g/mol. The summed E-state index contributed by atoms with van der Waals surface area (Å²) in [5, 5.41) is 23.9. The molecule has 0 saturated carbocycles. The van der Waals surface area contributed by atoms with E-state index in [9.17, 15) is 5.11 Å². The van der Waals surface area contributed by atoms with Gasteiger partial charge in [-0.2, -0.15) is 0 Å². The highest BCUT2D eigenvalue weighted by molar-refractivity contribution is 6.31. The smallest absolute Gasteiger partial charge is 0.0949 e. The lowest BCUT2D eigenvalue weighted by Gasteiger charge is -2.09. The highest BCUT2D eigenvalue weighted by Crippen LogP contribution is 2.25. The quantitative estimate of drug-likeness (QED) is 0.736. The first-order valence-corrected chi connectivity index (χ1v) is 7.66. The Bertz CT molecular complexity index is 595. The van der Waals surface area contributed by atoms with Crippen LogP contribution < -0.4 is 5.32 Å². The molecule has 4 nitrogen and oxygen atoms in total. The Morgan fingerprint density at radius 3 is 2.76 bits per heavy atom. The van der Waals surface area contributed by atoms with Gasteiger partial charge in [-0.1, -0.05) is 31.5 Å². The lowest BCUT2D eigenvalue weighted by Crippen LogP contribution is -2.20. The SMILES string of the molecule is CC(C)CNCc1cn(CC(O)CO)c2cc(Cl)ccc12. The number of aromatic nitrogens is 1. The molecule has 1 aromatic heterocycles. The average Bonchev–Trinajstić information content (AvgIpc) is 2.76. The van der Waals surface area contributed by atoms with Crippen molar-refractivity contribution < 1.29 is 10.2 Å². The van der Waals surface area contributed by atoms with Gasteiger partial charge >= 0.3 is 0 Å². The number of aliphatic hydroxyl groups excluding tert-OH is 2. The minimum Gasteiger partial charge on any atom is -0.394 e. The molecule has 2 aromatic rings. The number of hydrogen-bond donors (Lipinski definition) is 3. The molecule has 1 aromatic carbocycles. The van der Waals surface area contributed by atoms with Gasteiger partial charge in [-0.25, -0.2) is 0 Å². The highest BCUT2D eigenvalue weighted by Gasteiger charge is 2.12. The van der Waals surface area contributed by atoms with Gasteiger partial charge in [0, 0.05) is 28.7 Å². The zero-order chi connectivity index (χ0) is 15.4. The summed E-state index contributed by atoms with van der Waals surface area (Å²) in [6.45, 7) is 6.19. The number of rotatable bonds is 7. The summed E-state index contributed by atoms with van der Waals surface area (Å²) in [6.07, 6.45) is 1.25. The van der Waals surface area contributed by atoms with Crippen LogP contribution in [0.5, 0.6) is 0 Å². The second-order valence-electron chi connectivity index (χ2n) is 5.83. The van der Waals surface area contributed by atoms with Crippen molar-refractivity contribution in [2.45, 2.75) is 33.0 Å². The fourth-order valence-corrected chi connectivity index (χ4v) is 2.58. The summed E-state index contributed by atoms with van der Waals surface area (Å²) in [5.74, 6) is 0.601. The number of nitrogens with zero attached hydrogens (tertiary/aromatic N) is 1.